The van der Waals surface area contributed by atoms with Crippen molar-refractivity contribution in [2.75, 3.05) is 19.4 Å². The molecule has 6 nitrogen and oxygen atoms in total. The average Bonchev–Trinajstić information content (AvgIpc) is 2.96. The van der Waals surface area contributed by atoms with Crippen molar-refractivity contribution in [1.29, 1.82) is 0 Å². The van der Waals surface area contributed by atoms with Crippen LogP contribution in [-0.2, 0) is 6.54 Å². The molecule has 0 aliphatic heterocycles. The zero-order valence-electron chi connectivity index (χ0n) is 13.1. The molecule has 2 rings (SSSR count). The quantitative estimate of drug-likeness (QED) is 0.482. The van der Waals surface area contributed by atoms with Gasteiger partial charge in [0.2, 0.25) is 0 Å². The summed E-state index contributed by atoms with van der Waals surface area (Å²) in [5.74, 6) is -0.105. The van der Waals surface area contributed by atoms with Crippen LogP contribution < -0.4 is 21.1 Å². The topological polar surface area (TPSA) is 70.7 Å². The van der Waals surface area contributed by atoms with Gasteiger partial charge in [-0.05, 0) is 42.5 Å². The SMILES string of the molecule is C[NH+](C)Cc1ccc(C(=O)NNC(=S)Nc2ccc(F)c(Cl)c2)o1. The molecule has 9 heteroatoms. The molecule has 1 aromatic heterocycles. The fourth-order valence-electron chi connectivity index (χ4n) is 1.85. The lowest BCUT2D eigenvalue weighted by atomic mass is 10.3. The minimum Gasteiger partial charge on any atom is -0.450 e. The number of amides is 1. The standard InChI is InChI=1S/C15H16ClFN4O2S/c1-21(2)8-10-4-6-13(23-10)14(22)19-20-15(24)18-9-3-5-12(17)11(16)7-9/h3-7H,8H2,1-2H3,(H,19,22)(H2,18,20,24)/p+1. The number of benzene rings is 1. The lowest BCUT2D eigenvalue weighted by Gasteiger charge is -2.11. The summed E-state index contributed by atoms with van der Waals surface area (Å²) < 4.78 is 18.5. The summed E-state index contributed by atoms with van der Waals surface area (Å²) in [6.07, 6.45) is 0. The van der Waals surface area contributed by atoms with Crippen molar-refractivity contribution in [3.8, 4) is 0 Å². The van der Waals surface area contributed by atoms with Crippen LogP contribution in [-0.4, -0.2) is 25.1 Å². The van der Waals surface area contributed by atoms with Gasteiger partial charge in [0.15, 0.2) is 16.6 Å². The lowest BCUT2D eigenvalue weighted by molar-refractivity contribution is -0.873. The van der Waals surface area contributed by atoms with Crippen LogP contribution in [0.3, 0.4) is 0 Å². The van der Waals surface area contributed by atoms with Gasteiger partial charge in [-0.15, -0.1) is 0 Å². The van der Waals surface area contributed by atoms with E-state index in [-0.39, 0.29) is 15.9 Å². The fourth-order valence-corrected chi connectivity index (χ4v) is 2.20. The van der Waals surface area contributed by atoms with E-state index in [2.05, 4.69) is 16.2 Å². The second-order valence-electron chi connectivity index (χ2n) is 5.31. The van der Waals surface area contributed by atoms with Crippen LogP contribution in [0.25, 0.3) is 0 Å². The van der Waals surface area contributed by atoms with Crippen LogP contribution in [0.2, 0.25) is 5.02 Å². The van der Waals surface area contributed by atoms with Crippen LogP contribution in [0.15, 0.2) is 34.7 Å². The molecule has 0 saturated carbocycles. The summed E-state index contributed by atoms with van der Waals surface area (Å²) in [6, 6.07) is 7.40. The number of anilines is 1. The van der Waals surface area contributed by atoms with E-state index < -0.39 is 11.7 Å². The molecule has 1 amide bonds. The molecule has 0 saturated heterocycles. The van der Waals surface area contributed by atoms with Crippen molar-refractivity contribution >= 4 is 40.5 Å². The van der Waals surface area contributed by atoms with Gasteiger partial charge in [-0.2, -0.15) is 0 Å². The number of hydrogen-bond donors (Lipinski definition) is 4. The molecular weight excluding hydrogens is 355 g/mol. The normalized spacial score (nSPS) is 10.5. The summed E-state index contributed by atoms with van der Waals surface area (Å²) in [6.45, 7) is 0.673. The number of furan rings is 1. The van der Waals surface area contributed by atoms with Crippen molar-refractivity contribution in [3.63, 3.8) is 0 Å². The van der Waals surface area contributed by atoms with Crippen molar-refractivity contribution in [3.05, 3.63) is 52.7 Å². The number of carbonyl (C=O) groups excluding carboxylic acids is 1. The van der Waals surface area contributed by atoms with Crippen LogP contribution >= 0.6 is 23.8 Å². The summed E-state index contributed by atoms with van der Waals surface area (Å²) in [7, 11) is 3.96. The summed E-state index contributed by atoms with van der Waals surface area (Å²) in [5, 5.41) is 2.86. The van der Waals surface area contributed by atoms with Gasteiger partial charge in [-0.1, -0.05) is 11.6 Å². The molecule has 0 aliphatic carbocycles. The smallest absolute Gasteiger partial charge is 0.305 e. The Morgan fingerprint density at radius 2 is 2.04 bits per heavy atom. The summed E-state index contributed by atoms with van der Waals surface area (Å²) >= 11 is 10.7. The summed E-state index contributed by atoms with van der Waals surface area (Å²) in [4.78, 5) is 13.1. The first kappa shape index (κ1) is 18.2. The minimum absolute atomic E-state index is 0.0297. The van der Waals surface area contributed by atoms with E-state index in [1.54, 1.807) is 12.1 Å². The Balaban J connectivity index is 1.85. The van der Waals surface area contributed by atoms with Gasteiger partial charge in [0, 0.05) is 5.69 Å². The van der Waals surface area contributed by atoms with E-state index in [0.29, 0.717) is 18.0 Å². The van der Waals surface area contributed by atoms with Gasteiger partial charge < -0.3 is 14.6 Å². The molecule has 24 heavy (non-hydrogen) atoms. The highest BCUT2D eigenvalue weighted by molar-refractivity contribution is 7.80. The van der Waals surface area contributed by atoms with Crippen LogP contribution in [0.5, 0.6) is 0 Å². The molecule has 0 radical (unpaired) electrons. The van der Waals surface area contributed by atoms with Crippen molar-refractivity contribution in [1.82, 2.24) is 10.9 Å². The first-order valence-electron chi connectivity index (χ1n) is 7.05. The second kappa shape index (κ2) is 8.09. The monoisotopic (exact) mass is 371 g/mol. The third kappa shape index (κ3) is 5.19. The third-order valence-electron chi connectivity index (χ3n) is 2.88. The van der Waals surface area contributed by atoms with E-state index in [4.69, 9.17) is 28.2 Å². The number of nitrogens with one attached hydrogen (secondary N) is 4. The lowest BCUT2D eigenvalue weighted by Crippen LogP contribution is -3.04. The van der Waals surface area contributed by atoms with Gasteiger partial charge in [0.05, 0.1) is 19.1 Å². The van der Waals surface area contributed by atoms with Crippen LogP contribution in [0.1, 0.15) is 16.3 Å². The zero-order chi connectivity index (χ0) is 17.7. The third-order valence-corrected chi connectivity index (χ3v) is 3.37. The number of quaternary nitrogens is 1. The van der Waals surface area contributed by atoms with Crippen LogP contribution in [0.4, 0.5) is 10.1 Å². The highest BCUT2D eigenvalue weighted by atomic mass is 35.5. The molecule has 4 N–H and O–H groups in total. The van der Waals surface area contributed by atoms with E-state index in [9.17, 15) is 9.18 Å². The Morgan fingerprint density at radius 3 is 2.71 bits per heavy atom. The van der Waals surface area contributed by atoms with E-state index in [0.717, 1.165) is 0 Å². The Morgan fingerprint density at radius 1 is 1.29 bits per heavy atom. The van der Waals surface area contributed by atoms with E-state index in [1.807, 2.05) is 14.1 Å². The number of thiocarbonyl (C=S) groups is 1. The predicted molar refractivity (Wildman–Crippen MR) is 93.5 cm³/mol. The van der Waals surface area contributed by atoms with Gasteiger partial charge >= 0.3 is 5.91 Å². The molecule has 128 valence electrons. The molecule has 2 aromatic rings. The average molecular weight is 372 g/mol. The Kier molecular flexibility index (Phi) is 6.13. The van der Waals surface area contributed by atoms with Crippen LogP contribution in [0, 0.1) is 5.82 Å². The maximum atomic E-state index is 13.1. The molecule has 1 aromatic carbocycles. The van der Waals surface area contributed by atoms with Gasteiger partial charge in [0.1, 0.15) is 12.4 Å². The van der Waals surface area contributed by atoms with Gasteiger partial charge in [-0.25, -0.2) is 4.39 Å². The molecule has 0 bridgehead atoms. The minimum atomic E-state index is -0.525. The Labute approximate surface area is 148 Å². The maximum absolute atomic E-state index is 13.1. The van der Waals surface area contributed by atoms with E-state index >= 15 is 0 Å². The summed E-state index contributed by atoms with van der Waals surface area (Å²) in [5.41, 5.74) is 5.43. The maximum Gasteiger partial charge on any atom is 0.305 e. The Bertz CT molecular complexity index is 751. The molecule has 0 aliphatic rings. The largest absolute Gasteiger partial charge is 0.450 e. The number of halogens is 2. The molecule has 0 fully saturated rings. The highest BCUT2D eigenvalue weighted by Gasteiger charge is 2.13. The first-order valence-corrected chi connectivity index (χ1v) is 7.84. The predicted octanol–water partition coefficient (Wildman–Crippen LogP) is 1.35. The van der Waals surface area contributed by atoms with Crippen molar-refractivity contribution < 1.29 is 18.5 Å². The molecule has 0 spiro atoms. The van der Waals surface area contributed by atoms with Crippen molar-refractivity contribution in [2.45, 2.75) is 6.54 Å². The number of carbonyl (C=O) groups is 1. The van der Waals surface area contributed by atoms with Gasteiger partial charge in [-0.3, -0.25) is 15.6 Å². The Hall–Kier alpha value is -2.16. The number of rotatable bonds is 4. The molecular formula is C15H17ClFN4O2S+. The van der Waals surface area contributed by atoms with Gasteiger partial charge in [0.25, 0.3) is 0 Å². The molecule has 1 heterocycles. The first-order chi connectivity index (χ1) is 11.3. The van der Waals surface area contributed by atoms with E-state index in [1.165, 1.54) is 23.1 Å². The fraction of sp³-hybridized carbons (Fsp3) is 0.200. The molecule has 0 unspecified atom stereocenters. The second-order valence-corrected chi connectivity index (χ2v) is 6.13. The highest BCUT2D eigenvalue weighted by Crippen LogP contribution is 2.19. The number of hydrazine groups is 1. The molecule has 0 atom stereocenters. The van der Waals surface area contributed by atoms with Crippen molar-refractivity contribution in [2.24, 2.45) is 0 Å². The zero-order valence-corrected chi connectivity index (χ0v) is 14.6. The number of hydrogen-bond acceptors (Lipinski definition) is 3.